The van der Waals surface area contributed by atoms with Gasteiger partial charge in [0.25, 0.3) is 0 Å². The normalized spacial score (nSPS) is 19.9. The largest absolute Gasteiger partial charge is 0.371 e. The molecule has 2 heterocycles. The van der Waals surface area contributed by atoms with Crippen LogP contribution in [0, 0.1) is 19.7 Å². The van der Waals surface area contributed by atoms with E-state index < -0.39 is 0 Å². The molecule has 1 unspecified atom stereocenters. The Hall–Kier alpha value is -1.72. The standard InChI is InChI=1S/C16H19FN2O2/c1-11-15(12(2)21-18-11)9-19-7-8-20-16(10-19)13-3-5-14(17)6-4-13/h3-6,16H,7-10H2,1-2H3. The molecule has 5 heteroatoms. The van der Waals surface area contributed by atoms with Gasteiger partial charge in [0.1, 0.15) is 11.6 Å². The van der Waals surface area contributed by atoms with Gasteiger partial charge in [-0.05, 0) is 31.5 Å². The van der Waals surface area contributed by atoms with Crippen LogP contribution in [0.25, 0.3) is 0 Å². The lowest BCUT2D eigenvalue weighted by atomic mass is 10.1. The highest BCUT2D eigenvalue weighted by molar-refractivity contribution is 5.22. The fourth-order valence-electron chi connectivity index (χ4n) is 2.68. The molecule has 0 bridgehead atoms. The van der Waals surface area contributed by atoms with Crippen LogP contribution >= 0.6 is 0 Å². The molecular formula is C16H19FN2O2. The Balaban J connectivity index is 1.70. The average Bonchev–Trinajstić information content (AvgIpc) is 2.80. The summed E-state index contributed by atoms with van der Waals surface area (Å²) in [5.74, 6) is 0.652. The number of benzene rings is 1. The minimum Gasteiger partial charge on any atom is -0.371 e. The molecule has 0 N–H and O–H groups in total. The van der Waals surface area contributed by atoms with Crippen LogP contribution in [-0.4, -0.2) is 29.8 Å². The summed E-state index contributed by atoms with van der Waals surface area (Å²) in [6.07, 6.45) is -0.0141. The van der Waals surface area contributed by atoms with E-state index in [-0.39, 0.29) is 11.9 Å². The second kappa shape index (κ2) is 5.95. The van der Waals surface area contributed by atoms with Crippen molar-refractivity contribution in [3.63, 3.8) is 0 Å². The number of aromatic nitrogens is 1. The number of morpholine rings is 1. The van der Waals surface area contributed by atoms with Crippen LogP contribution < -0.4 is 0 Å². The maximum Gasteiger partial charge on any atom is 0.138 e. The summed E-state index contributed by atoms with van der Waals surface area (Å²) in [6, 6.07) is 6.54. The first-order chi connectivity index (χ1) is 10.1. The van der Waals surface area contributed by atoms with E-state index in [4.69, 9.17) is 9.26 Å². The summed E-state index contributed by atoms with van der Waals surface area (Å²) < 4.78 is 24.0. The number of aryl methyl sites for hydroxylation is 2. The summed E-state index contributed by atoms with van der Waals surface area (Å²) >= 11 is 0. The molecule has 1 aliphatic rings. The summed E-state index contributed by atoms with van der Waals surface area (Å²) in [4.78, 5) is 2.32. The topological polar surface area (TPSA) is 38.5 Å². The van der Waals surface area contributed by atoms with Crippen molar-refractivity contribution in [3.8, 4) is 0 Å². The third-order valence-corrected chi connectivity index (χ3v) is 3.96. The van der Waals surface area contributed by atoms with Crippen molar-refractivity contribution < 1.29 is 13.7 Å². The predicted octanol–water partition coefficient (Wildman–Crippen LogP) is 3.00. The van der Waals surface area contributed by atoms with Crippen LogP contribution in [0.1, 0.15) is 28.7 Å². The van der Waals surface area contributed by atoms with E-state index in [0.717, 1.165) is 42.2 Å². The van der Waals surface area contributed by atoms with Gasteiger partial charge in [0.2, 0.25) is 0 Å². The van der Waals surface area contributed by atoms with Gasteiger partial charge in [0, 0.05) is 25.2 Å². The van der Waals surface area contributed by atoms with Gasteiger partial charge in [-0.1, -0.05) is 17.3 Å². The molecule has 0 amide bonds. The van der Waals surface area contributed by atoms with Gasteiger partial charge in [-0.2, -0.15) is 0 Å². The first kappa shape index (κ1) is 14.2. The minimum atomic E-state index is -0.220. The van der Waals surface area contributed by atoms with Crippen molar-refractivity contribution in [3.05, 3.63) is 52.7 Å². The maximum absolute atomic E-state index is 13.0. The van der Waals surface area contributed by atoms with Crippen molar-refractivity contribution in [2.75, 3.05) is 19.7 Å². The summed E-state index contributed by atoms with van der Waals surface area (Å²) in [5.41, 5.74) is 3.10. The molecule has 0 aliphatic carbocycles. The highest BCUT2D eigenvalue weighted by atomic mass is 19.1. The first-order valence-corrected chi connectivity index (χ1v) is 7.14. The molecular weight excluding hydrogens is 271 g/mol. The molecule has 21 heavy (non-hydrogen) atoms. The molecule has 1 aromatic carbocycles. The Morgan fingerprint density at radius 2 is 2.05 bits per heavy atom. The average molecular weight is 290 g/mol. The van der Waals surface area contributed by atoms with Gasteiger partial charge in [0.15, 0.2) is 0 Å². The Morgan fingerprint density at radius 3 is 2.71 bits per heavy atom. The van der Waals surface area contributed by atoms with E-state index in [1.54, 1.807) is 12.1 Å². The van der Waals surface area contributed by atoms with Crippen LogP contribution in [0.4, 0.5) is 4.39 Å². The zero-order chi connectivity index (χ0) is 14.8. The van der Waals surface area contributed by atoms with Gasteiger partial charge in [-0.3, -0.25) is 4.90 Å². The van der Waals surface area contributed by atoms with E-state index in [1.165, 1.54) is 12.1 Å². The van der Waals surface area contributed by atoms with E-state index in [9.17, 15) is 4.39 Å². The molecule has 1 saturated heterocycles. The summed E-state index contributed by atoms with van der Waals surface area (Å²) in [5, 5.41) is 3.99. The molecule has 2 aromatic rings. The zero-order valence-electron chi connectivity index (χ0n) is 12.3. The van der Waals surface area contributed by atoms with Gasteiger partial charge in [-0.15, -0.1) is 0 Å². The third-order valence-electron chi connectivity index (χ3n) is 3.96. The summed E-state index contributed by atoms with van der Waals surface area (Å²) in [6.45, 7) is 7.04. The second-order valence-corrected chi connectivity index (χ2v) is 5.45. The molecule has 1 fully saturated rings. The van der Waals surface area contributed by atoms with Gasteiger partial charge in [0.05, 0.1) is 18.4 Å². The Kier molecular flexibility index (Phi) is 4.03. The van der Waals surface area contributed by atoms with Crippen LogP contribution in [-0.2, 0) is 11.3 Å². The lowest BCUT2D eigenvalue weighted by molar-refractivity contribution is -0.0331. The van der Waals surface area contributed by atoms with Crippen molar-refractivity contribution >= 4 is 0 Å². The SMILES string of the molecule is Cc1noc(C)c1CN1CCOC(c2ccc(F)cc2)C1. The molecule has 112 valence electrons. The quantitative estimate of drug-likeness (QED) is 0.871. The number of rotatable bonds is 3. The number of halogens is 1. The lowest BCUT2D eigenvalue weighted by Crippen LogP contribution is -2.38. The van der Waals surface area contributed by atoms with Crippen molar-refractivity contribution in [1.29, 1.82) is 0 Å². The minimum absolute atomic E-state index is 0.0141. The van der Waals surface area contributed by atoms with Crippen LogP contribution in [0.5, 0.6) is 0 Å². The first-order valence-electron chi connectivity index (χ1n) is 7.14. The van der Waals surface area contributed by atoms with E-state index in [0.29, 0.717) is 6.61 Å². The molecule has 1 aliphatic heterocycles. The Labute approximate surface area is 123 Å². The fraction of sp³-hybridized carbons (Fsp3) is 0.438. The van der Waals surface area contributed by atoms with Gasteiger partial charge >= 0.3 is 0 Å². The van der Waals surface area contributed by atoms with Crippen LogP contribution in [0.3, 0.4) is 0 Å². The van der Waals surface area contributed by atoms with Gasteiger partial charge < -0.3 is 9.26 Å². The van der Waals surface area contributed by atoms with E-state index in [1.807, 2.05) is 13.8 Å². The van der Waals surface area contributed by atoms with Crippen LogP contribution in [0.2, 0.25) is 0 Å². The Bertz CT molecular complexity index is 590. The lowest BCUT2D eigenvalue weighted by Gasteiger charge is -2.33. The molecule has 0 radical (unpaired) electrons. The van der Waals surface area contributed by atoms with E-state index in [2.05, 4.69) is 10.1 Å². The number of nitrogens with zero attached hydrogens (tertiary/aromatic N) is 2. The third kappa shape index (κ3) is 3.14. The second-order valence-electron chi connectivity index (χ2n) is 5.45. The van der Waals surface area contributed by atoms with Crippen LogP contribution in [0.15, 0.2) is 28.8 Å². The predicted molar refractivity (Wildman–Crippen MR) is 76.3 cm³/mol. The molecule has 0 spiro atoms. The zero-order valence-corrected chi connectivity index (χ0v) is 12.3. The Morgan fingerprint density at radius 1 is 1.29 bits per heavy atom. The molecule has 4 nitrogen and oxygen atoms in total. The molecule has 1 atom stereocenters. The van der Waals surface area contributed by atoms with Crippen molar-refractivity contribution in [1.82, 2.24) is 10.1 Å². The highest BCUT2D eigenvalue weighted by Crippen LogP contribution is 2.24. The van der Waals surface area contributed by atoms with Gasteiger partial charge in [-0.25, -0.2) is 4.39 Å². The number of hydrogen-bond acceptors (Lipinski definition) is 4. The molecule has 1 aromatic heterocycles. The molecule has 3 rings (SSSR count). The maximum atomic E-state index is 13.0. The van der Waals surface area contributed by atoms with E-state index >= 15 is 0 Å². The fourth-order valence-corrected chi connectivity index (χ4v) is 2.68. The smallest absolute Gasteiger partial charge is 0.138 e. The monoisotopic (exact) mass is 290 g/mol. The molecule has 0 saturated carbocycles. The number of ether oxygens (including phenoxy) is 1. The van der Waals surface area contributed by atoms with Crippen molar-refractivity contribution in [2.45, 2.75) is 26.5 Å². The van der Waals surface area contributed by atoms with Crippen molar-refractivity contribution in [2.24, 2.45) is 0 Å². The highest BCUT2D eigenvalue weighted by Gasteiger charge is 2.23. The summed E-state index contributed by atoms with van der Waals surface area (Å²) in [7, 11) is 0. The number of hydrogen-bond donors (Lipinski definition) is 0.